The van der Waals surface area contributed by atoms with Gasteiger partial charge in [0.15, 0.2) is 5.01 Å². The highest BCUT2D eigenvalue weighted by Gasteiger charge is 2.28. The first-order valence-corrected chi connectivity index (χ1v) is 5.56. The Kier molecular flexibility index (Phi) is 2.60. The first kappa shape index (κ1) is 9.35. The molecule has 1 aliphatic rings. The van der Waals surface area contributed by atoms with E-state index in [1.807, 2.05) is 13.0 Å². The van der Waals surface area contributed by atoms with E-state index in [4.69, 9.17) is 5.26 Å². The molecular weight excluding hydrogens is 194 g/mol. The van der Waals surface area contributed by atoms with E-state index in [1.54, 1.807) is 0 Å². The zero-order valence-electron chi connectivity index (χ0n) is 8.03. The molecule has 1 aromatic heterocycles. The Morgan fingerprint density at radius 2 is 2.50 bits per heavy atom. The van der Waals surface area contributed by atoms with Gasteiger partial charge in [-0.3, -0.25) is 0 Å². The molecule has 2 rings (SSSR count). The van der Waals surface area contributed by atoms with Crippen LogP contribution in [-0.2, 0) is 0 Å². The van der Waals surface area contributed by atoms with Gasteiger partial charge in [-0.25, -0.2) is 4.98 Å². The van der Waals surface area contributed by atoms with Gasteiger partial charge in [-0.05, 0) is 30.8 Å². The van der Waals surface area contributed by atoms with Gasteiger partial charge in [0.25, 0.3) is 0 Å². The average Bonchev–Trinajstić information content (AvgIpc) is 2.94. The molecule has 1 fully saturated rings. The van der Waals surface area contributed by atoms with Crippen molar-refractivity contribution in [3.05, 3.63) is 16.9 Å². The summed E-state index contributed by atoms with van der Waals surface area (Å²) >= 11 is 1.34. The molecule has 4 heteroatoms. The van der Waals surface area contributed by atoms with Gasteiger partial charge in [0, 0.05) is 5.92 Å². The van der Waals surface area contributed by atoms with E-state index in [1.165, 1.54) is 24.4 Å². The number of nitriles is 1. The second-order valence-corrected chi connectivity index (χ2v) is 4.12. The first-order chi connectivity index (χ1) is 6.85. The molecule has 0 spiro atoms. The minimum Gasteiger partial charge on any atom is -0.218 e. The molecule has 0 aromatic carbocycles. The summed E-state index contributed by atoms with van der Waals surface area (Å²) in [4.78, 5) is 4.38. The predicted molar refractivity (Wildman–Crippen MR) is 55.8 cm³/mol. The zero-order chi connectivity index (χ0) is 9.97. The van der Waals surface area contributed by atoms with E-state index >= 15 is 0 Å². The summed E-state index contributed by atoms with van der Waals surface area (Å²) in [5.74, 6) is 1.50. The average molecular weight is 205 g/mol. The summed E-state index contributed by atoms with van der Waals surface area (Å²) in [6.45, 7) is 2.01. The van der Waals surface area contributed by atoms with Crippen molar-refractivity contribution >= 4 is 17.1 Å². The Labute approximate surface area is 87.3 Å². The Hall–Kier alpha value is -1.21. The lowest BCUT2D eigenvalue weighted by Crippen LogP contribution is -1.84. The Balaban J connectivity index is 2.23. The SMILES string of the molecule is CCC=C(C#N)c1nc(C2CC2)ns1. The van der Waals surface area contributed by atoms with E-state index in [9.17, 15) is 0 Å². The van der Waals surface area contributed by atoms with Crippen LogP contribution >= 0.6 is 11.5 Å². The highest BCUT2D eigenvalue weighted by Crippen LogP contribution is 2.39. The van der Waals surface area contributed by atoms with Crippen LogP contribution in [0.1, 0.15) is 42.9 Å². The smallest absolute Gasteiger partial charge is 0.154 e. The van der Waals surface area contributed by atoms with Crippen LogP contribution in [0.2, 0.25) is 0 Å². The van der Waals surface area contributed by atoms with Crippen LogP contribution in [0.4, 0.5) is 0 Å². The lowest BCUT2D eigenvalue weighted by atomic mass is 10.2. The van der Waals surface area contributed by atoms with Gasteiger partial charge in [0.2, 0.25) is 0 Å². The van der Waals surface area contributed by atoms with Gasteiger partial charge >= 0.3 is 0 Å². The quantitative estimate of drug-likeness (QED) is 0.713. The third-order valence-corrected chi connectivity index (χ3v) is 2.91. The summed E-state index contributed by atoms with van der Waals surface area (Å²) in [6.07, 6.45) is 5.17. The first-order valence-electron chi connectivity index (χ1n) is 4.79. The molecule has 14 heavy (non-hydrogen) atoms. The molecule has 0 aliphatic heterocycles. The van der Waals surface area contributed by atoms with Crippen molar-refractivity contribution in [3.63, 3.8) is 0 Å². The van der Waals surface area contributed by atoms with Crippen LogP contribution in [0, 0.1) is 11.3 Å². The molecule has 0 atom stereocenters. The molecule has 1 aromatic rings. The largest absolute Gasteiger partial charge is 0.218 e. The van der Waals surface area contributed by atoms with Gasteiger partial charge in [0.1, 0.15) is 11.9 Å². The topological polar surface area (TPSA) is 49.6 Å². The lowest BCUT2D eigenvalue weighted by Gasteiger charge is -1.88. The zero-order valence-corrected chi connectivity index (χ0v) is 8.84. The van der Waals surface area contributed by atoms with Crippen molar-refractivity contribution in [2.75, 3.05) is 0 Å². The van der Waals surface area contributed by atoms with Gasteiger partial charge in [-0.15, -0.1) is 0 Å². The molecule has 1 aliphatic carbocycles. The number of allylic oxidation sites excluding steroid dienone is 2. The summed E-state index contributed by atoms with van der Waals surface area (Å²) < 4.78 is 4.27. The number of nitrogens with zero attached hydrogens (tertiary/aromatic N) is 3. The maximum Gasteiger partial charge on any atom is 0.154 e. The van der Waals surface area contributed by atoms with Crippen LogP contribution < -0.4 is 0 Å². The number of aromatic nitrogens is 2. The highest BCUT2D eigenvalue weighted by atomic mass is 32.1. The third kappa shape index (κ3) is 1.83. The number of hydrogen-bond donors (Lipinski definition) is 0. The van der Waals surface area contributed by atoms with Crippen molar-refractivity contribution in [1.82, 2.24) is 9.36 Å². The van der Waals surface area contributed by atoms with Crippen molar-refractivity contribution in [2.45, 2.75) is 32.1 Å². The fraction of sp³-hybridized carbons (Fsp3) is 0.500. The van der Waals surface area contributed by atoms with Crippen LogP contribution in [0.15, 0.2) is 6.08 Å². The normalized spacial score (nSPS) is 16.7. The minimum atomic E-state index is 0.571. The maximum atomic E-state index is 8.89. The number of rotatable bonds is 3. The van der Waals surface area contributed by atoms with Crippen molar-refractivity contribution in [1.29, 1.82) is 5.26 Å². The Bertz CT molecular complexity index is 396. The summed E-state index contributed by atoms with van der Waals surface area (Å²) in [6, 6.07) is 2.16. The Morgan fingerprint density at radius 3 is 3.07 bits per heavy atom. The fourth-order valence-corrected chi connectivity index (χ4v) is 1.97. The summed E-state index contributed by atoms with van der Waals surface area (Å²) in [7, 11) is 0. The standard InChI is InChI=1S/C10H11N3S/c1-2-3-8(6-11)10-12-9(13-14-10)7-4-5-7/h3,7H,2,4-5H2,1H3. The second kappa shape index (κ2) is 3.89. The maximum absolute atomic E-state index is 8.89. The van der Waals surface area contributed by atoms with E-state index in [0.717, 1.165) is 17.3 Å². The molecule has 0 N–H and O–H groups in total. The minimum absolute atomic E-state index is 0.571. The van der Waals surface area contributed by atoms with E-state index < -0.39 is 0 Å². The molecule has 1 heterocycles. The molecule has 1 saturated carbocycles. The lowest BCUT2D eigenvalue weighted by molar-refractivity contribution is 0.981. The van der Waals surface area contributed by atoms with Crippen LogP contribution in [-0.4, -0.2) is 9.36 Å². The van der Waals surface area contributed by atoms with Crippen LogP contribution in [0.3, 0.4) is 0 Å². The van der Waals surface area contributed by atoms with Gasteiger partial charge in [-0.1, -0.05) is 13.0 Å². The summed E-state index contributed by atoms with van der Waals surface area (Å²) in [5.41, 5.74) is 0.664. The predicted octanol–water partition coefficient (Wildman–Crippen LogP) is 2.73. The van der Waals surface area contributed by atoms with E-state index in [-0.39, 0.29) is 0 Å². The third-order valence-electron chi connectivity index (χ3n) is 2.14. The second-order valence-electron chi connectivity index (χ2n) is 3.37. The van der Waals surface area contributed by atoms with Gasteiger partial charge in [-0.2, -0.15) is 9.64 Å². The van der Waals surface area contributed by atoms with Gasteiger partial charge < -0.3 is 0 Å². The van der Waals surface area contributed by atoms with Crippen molar-refractivity contribution < 1.29 is 0 Å². The summed E-state index contributed by atoms with van der Waals surface area (Å²) in [5, 5.41) is 9.67. The molecule has 72 valence electrons. The highest BCUT2D eigenvalue weighted by molar-refractivity contribution is 7.06. The van der Waals surface area contributed by atoms with Crippen LogP contribution in [0.25, 0.3) is 5.57 Å². The van der Waals surface area contributed by atoms with Crippen molar-refractivity contribution in [3.8, 4) is 6.07 Å². The molecule has 0 saturated heterocycles. The molecule has 0 bridgehead atoms. The molecule has 0 radical (unpaired) electrons. The molecule has 3 nitrogen and oxygen atoms in total. The molecule has 0 amide bonds. The monoisotopic (exact) mass is 205 g/mol. The van der Waals surface area contributed by atoms with E-state index in [0.29, 0.717) is 11.5 Å². The Morgan fingerprint density at radius 1 is 1.71 bits per heavy atom. The molecule has 0 unspecified atom stereocenters. The van der Waals surface area contributed by atoms with Crippen LogP contribution in [0.5, 0.6) is 0 Å². The van der Waals surface area contributed by atoms with E-state index in [2.05, 4.69) is 15.4 Å². The fourth-order valence-electron chi connectivity index (χ4n) is 1.24. The molecular formula is C10H11N3S. The number of hydrogen-bond acceptors (Lipinski definition) is 4. The van der Waals surface area contributed by atoms with Gasteiger partial charge in [0.05, 0.1) is 5.57 Å². The van der Waals surface area contributed by atoms with Crippen molar-refractivity contribution in [2.24, 2.45) is 0 Å².